The van der Waals surface area contributed by atoms with E-state index in [9.17, 15) is 8.42 Å². The Labute approximate surface area is 248 Å². The molecule has 0 spiro atoms. The molecular weight excluding hydrogens is 552 g/mol. The van der Waals surface area contributed by atoms with Crippen LogP contribution in [-0.4, -0.2) is 89.4 Å². The van der Waals surface area contributed by atoms with E-state index in [0.29, 0.717) is 43.6 Å². The standard InChI is InChI=1S/C31H42N6O4S/c1-42(38,39)36-15-13-35(14-16-36)18-22-5-7-24(8-6-22)37-19-27(28-29(32)33-21-34-30(28)37)23-3-2-4-26(17-23)40-20-31-11-9-25(41-31)10-12-31/h2-4,17,19,21-22,24-25H,5-16,18,20H2,1H3,(H2,32,33,34). The van der Waals surface area contributed by atoms with Crippen LogP contribution >= 0.6 is 0 Å². The number of fused-ring (bicyclic) bond motifs is 3. The molecule has 1 saturated carbocycles. The number of ether oxygens (including phenoxy) is 2. The Morgan fingerprint density at radius 3 is 2.50 bits per heavy atom. The van der Waals surface area contributed by atoms with Crippen LogP contribution in [0.15, 0.2) is 36.8 Å². The van der Waals surface area contributed by atoms with Crippen molar-refractivity contribution < 1.29 is 17.9 Å². The quantitative estimate of drug-likeness (QED) is 0.415. The van der Waals surface area contributed by atoms with Crippen LogP contribution in [-0.2, 0) is 14.8 Å². The number of piperazine rings is 1. The molecule has 4 fully saturated rings. The highest BCUT2D eigenvalue weighted by Gasteiger charge is 2.46. The van der Waals surface area contributed by atoms with E-state index in [-0.39, 0.29) is 5.60 Å². The van der Waals surface area contributed by atoms with Crippen molar-refractivity contribution >= 4 is 26.9 Å². The molecule has 3 saturated heterocycles. The van der Waals surface area contributed by atoms with Gasteiger partial charge in [0.25, 0.3) is 0 Å². The minimum atomic E-state index is -3.10. The number of benzene rings is 1. The van der Waals surface area contributed by atoms with Gasteiger partial charge in [-0.15, -0.1) is 0 Å². The van der Waals surface area contributed by atoms with Crippen LogP contribution in [0.25, 0.3) is 22.2 Å². The number of nitrogens with zero attached hydrogens (tertiary/aromatic N) is 5. The number of rotatable bonds is 8. The monoisotopic (exact) mass is 594 g/mol. The Morgan fingerprint density at radius 2 is 1.81 bits per heavy atom. The molecule has 226 valence electrons. The molecule has 1 aromatic carbocycles. The van der Waals surface area contributed by atoms with E-state index in [1.165, 1.54) is 6.26 Å². The summed E-state index contributed by atoms with van der Waals surface area (Å²) < 4.78 is 40.2. The van der Waals surface area contributed by atoms with Crippen molar-refractivity contribution in [3.63, 3.8) is 0 Å². The zero-order chi connectivity index (χ0) is 28.9. The van der Waals surface area contributed by atoms with Gasteiger partial charge in [0.2, 0.25) is 10.0 Å². The first-order valence-corrected chi connectivity index (χ1v) is 17.3. The van der Waals surface area contributed by atoms with Crippen LogP contribution in [0.3, 0.4) is 0 Å². The van der Waals surface area contributed by atoms with Crippen molar-refractivity contribution in [2.45, 2.75) is 69.1 Å². The van der Waals surface area contributed by atoms with Crippen molar-refractivity contribution in [2.24, 2.45) is 5.92 Å². The summed E-state index contributed by atoms with van der Waals surface area (Å²) in [4.78, 5) is 11.5. The van der Waals surface area contributed by atoms with Gasteiger partial charge in [-0.05, 0) is 75.0 Å². The predicted molar refractivity (Wildman–Crippen MR) is 163 cm³/mol. The summed E-state index contributed by atoms with van der Waals surface area (Å²) in [6, 6.07) is 8.61. The summed E-state index contributed by atoms with van der Waals surface area (Å²) in [6.45, 7) is 4.44. The Kier molecular flexibility index (Phi) is 7.40. The van der Waals surface area contributed by atoms with Crippen molar-refractivity contribution in [3.8, 4) is 16.9 Å². The fourth-order valence-corrected chi connectivity index (χ4v) is 8.50. The normalized spacial score (nSPS) is 28.9. The zero-order valence-electron chi connectivity index (χ0n) is 24.5. The molecule has 5 heterocycles. The van der Waals surface area contributed by atoms with Crippen LogP contribution in [0.5, 0.6) is 5.75 Å². The van der Waals surface area contributed by atoms with Crippen molar-refractivity contribution in [1.82, 2.24) is 23.7 Å². The third kappa shape index (κ3) is 5.52. The van der Waals surface area contributed by atoms with Crippen molar-refractivity contribution in [2.75, 3.05) is 51.3 Å². The molecule has 0 unspecified atom stereocenters. The van der Waals surface area contributed by atoms with Gasteiger partial charge in [0.15, 0.2) is 0 Å². The summed E-state index contributed by atoms with van der Waals surface area (Å²) in [7, 11) is -3.10. The zero-order valence-corrected chi connectivity index (χ0v) is 25.3. The third-order valence-electron chi connectivity index (χ3n) is 10.1. The van der Waals surface area contributed by atoms with Gasteiger partial charge in [-0.3, -0.25) is 0 Å². The van der Waals surface area contributed by atoms with Crippen LogP contribution in [0.4, 0.5) is 5.82 Å². The van der Waals surface area contributed by atoms with E-state index in [1.54, 1.807) is 10.6 Å². The molecule has 10 nitrogen and oxygen atoms in total. The molecule has 3 aliphatic heterocycles. The van der Waals surface area contributed by atoms with Crippen molar-refractivity contribution in [1.29, 1.82) is 0 Å². The molecule has 2 N–H and O–H groups in total. The van der Waals surface area contributed by atoms with Gasteiger partial charge in [-0.25, -0.2) is 18.4 Å². The van der Waals surface area contributed by atoms with Crippen LogP contribution in [0.1, 0.15) is 57.4 Å². The summed E-state index contributed by atoms with van der Waals surface area (Å²) in [5, 5.41) is 0.900. The van der Waals surface area contributed by atoms with Gasteiger partial charge in [0.05, 0.1) is 17.7 Å². The molecule has 0 atom stereocenters. The number of nitrogen functional groups attached to an aromatic ring is 1. The average molecular weight is 595 g/mol. The van der Waals surface area contributed by atoms with E-state index in [4.69, 9.17) is 20.2 Å². The second kappa shape index (κ2) is 11.1. The maximum absolute atomic E-state index is 11.9. The lowest BCUT2D eigenvalue weighted by Gasteiger charge is -2.37. The highest BCUT2D eigenvalue weighted by Crippen LogP contribution is 2.44. The lowest BCUT2D eigenvalue weighted by Crippen LogP contribution is -2.49. The highest BCUT2D eigenvalue weighted by atomic mass is 32.2. The molecule has 2 aromatic heterocycles. The van der Waals surface area contributed by atoms with E-state index < -0.39 is 10.0 Å². The number of sulfonamides is 1. The van der Waals surface area contributed by atoms with Gasteiger partial charge >= 0.3 is 0 Å². The maximum atomic E-state index is 11.9. The molecule has 11 heteroatoms. The fourth-order valence-electron chi connectivity index (χ4n) is 7.67. The lowest BCUT2D eigenvalue weighted by molar-refractivity contribution is -0.0198. The van der Waals surface area contributed by atoms with Gasteiger partial charge in [0, 0.05) is 50.5 Å². The number of anilines is 1. The summed E-state index contributed by atoms with van der Waals surface area (Å²) in [5.41, 5.74) is 9.32. The average Bonchev–Trinajstić information content (AvgIpc) is 3.71. The van der Waals surface area contributed by atoms with E-state index in [2.05, 4.69) is 32.8 Å². The maximum Gasteiger partial charge on any atom is 0.211 e. The summed E-state index contributed by atoms with van der Waals surface area (Å²) >= 11 is 0. The Hall–Kier alpha value is -2.73. The molecule has 2 bridgehead atoms. The van der Waals surface area contributed by atoms with Crippen LogP contribution in [0.2, 0.25) is 0 Å². The Balaban J connectivity index is 1.04. The molecule has 4 aliphatic rings. The van der Waals surface area contributed by atoms with E-state index in [0.717, 1.165) is 98.9 Å². The first-order chi connectivity index (χ1) is 20.3. The largest absolute Gasteiger partial charge is 0.491 e. The number of nitrogens with two attached hydrogens (primary N) is 1. The van der Waals surface area contributed by atoms with Gasteiger partial charge < -0.3 is 24.7 Å². The van der Waals surface area contributed by atoms with Gasteiger partial charge in [-0.2, -0.15) is 4.31 Å². The van der Waals surface area contributed by atoms with Crippen LogP contribution < -0.4 is 10.5 Å². The van der Waals surface area contributed by atoms with Crippen LogP contribution in [0, 0.1) is 5.92 Å². The van der Waals surface area contributed by atoms with E-state index in [1.807, 2.05) is 12.1 Å². The number of aromatic nitrogens is 3. The molecular formula is C31H42N6O4S. The SMILES string of the molecule is CS(=O)(=O)N1CCN(CC2CCC(n3cc(-c4cccc(OCC56CCC(CC5)O6)c4)c4c(N)ncnc43)CC2)CC1. The number of hydrogen-bond acceptors (Lipinski definition) is 8. The first-order valence-electron chi connectivity index (χ1n) is 15.5. The predicted octanol–water partition coefficient (Wildman–Crippen LogP) is 4.08. The Bertz CT molecular complexity index is 1530. The van der Waals surface area contributed by atoms with Gasteiger partial charge in [0.1, 0.15) is 35.7 Å². The fraction of sp³-hybridized carbons (Fsp3) is 0.613. The Morgan fingerprint density at radius 1 is 1.05 bits per heavy atom. The second-order valence-corrected chi connectivity index (χ2v) is 14.8. The minimum Gasteiger partial charge on any atom is -0.491 e. The molecule has 0 amide bonds. The summed E-state index contributed by atoms with van der Waals surface area (Å²) in [5.74, 6) is 1.96. The molecule has 42 heavy (non-hydrogen) atoms. The first kappa shape index (κ1) is 28.1. The number of hydrogen-bond donors (Lipinski definition) is 1. The summed E-state index contributed by atoms with van der Waals surface area (Å²) in [6.07, 6.45) is 14.4. The molecule has 1 aliphatic carbocycles. The van der Waals surface area contributed by atoms with Crippen molar-refractivity contribution in [3.05, 3.63) is 36.8 Å². The smallest absolute Gasteiger partial charge is 0.211 e. The molecule has 3 aromatic rings. The highest BCUT2D eigenvalue weighted by molar-refractivity contribution is 7.88. The molecule has 7 rings (SSSR count). The lowest BCUT2D eigenvalue weighted by atomic mass is 9.85. The van der Waals surface area contributed by atoms with Gasteiger partial charge in [-0.1, -0.05) is 12.1 Å². The van der Waals surface area contributed by atoms with E-state index >= 15 is 0 Å². The second-order valence-electron chi connectivity index (χ2n) is 12.9. The topological polar surface area (TPSA) is 116 Å². The minimum absolute atomic E-state index is 0.113. The molecule has 0 radical (unpaired) electrons. The third-order valence-corrected chi connectivity index (χ3v) is 11.4.